The highest BCUT2D eigenvalue weighted by Crippen LogP contribution is 2.26. The van der Waals surface area contributed by atoms with E-state index >= 15 is 0 Å². The Labute approximate surface area is 97.1 Å². The van der Waals surface area contributed by atoms with Crippen LogP contribution < -0.4 is 5.32 Å². The van der Waals surface area contributed by atoms with Crippen LogP contribution in [-0.2, 0) is 11.3 Å². The Hall–Kier alpha value is -1.15. The van der Waals surface area contributed by atoms with E-state index in [0.717, 1.165) is 13.1 Å². The van der Waals surface area contributed by atoms with Crippen molar-refractivity contribution in [1.29, 1.82) is 0 Å². The molecule has 2 heteroatoms. The molecular weight excluding hydrogens is 198 g/mol. The number of carbonyl (C=O) groups is 1. The second-order valence-electron chi connectivity index (χ2n) is 4.95. The first-order valence-electron chi connectivity index (χ1n) is 5.99. The minimum atomic E-state index is 0.0624. The van der Waals surface area contributed by atoms with Gasteiger partial charge in [0, 0.05) is 19.5 Å². The fraction of sp³-hybridized carbons (Fsp3) is 0.500. The highest BCUT2D eigenvalue weighted by Gasteiger charge is 2.25. The average Bonchev–Trinajstić information content (AvgIpc) is 2.27. The van der Waals surface area contributed by atoms with Crippen LogP contribution in [0.3, 0.4) is 0 Å². The predicted octanol–water partition coefficient (Wildman–Crippen LogP) is 2.49. The van der Waals surface area contributed by atoms with Gasteiger partial charge in [-0.3, -0.25) is 4.79 Å². The van der Waals surface area contributed by atoms with Gasteiger partial charge in [0.1, 0.15) is 5.78 Å². The molecule has 0 aliphatic carbocycles. The van der Waals surface area contributed by atoms with E-state index in [1.807, 2.05) is 12.1 Å². The Balaban J connectivity index is 2.21. The van der Waals surface area contributed by atoms with Crippen LogP contribution in [0.4, 0.5) is 0 Å². The predicted molar refractivity (Wildman–Crippen MR) is 65.4 cm³/mol. The molecule has 0 saturated carbocycles. The zero-order chi connectivity index (χ0) is 11.5. The smallest absolute Gasteiger partial charge is 0.141 e. The van der Waals surface area contributed by atoms with Gasteiger partial charge in [0.2, 0.25) is 0 Å². The zero-order valence-electron chi connectivity index (χ0n) is 9.99. The Morgan fingerprint density at radius 2 is 2.19 bits per heavy atom. The highest BCUT2D eigenvalue weighted by atomic mass is 16.1. The molecule has 1 N–H and O–H groups in total. The third kappa shape index (κ3) is 2.33. The van der Waals surface area contributed by atoms with Gasteiger partial charge in [-0.05, 0) is 17.0 Å². The number of hydrogen-bond donors (Lipinski definition) is 1. The summed E-state index contributed by atoms with van der Waals surface area (Å²) < 4.78 is 0. The molecule has 1 aliphatic rings. The maximum atomic E-state index is 12.1. The van der Waals surface area contributed by atoms with Crippen LogP contribution in [0.15, 0.2) is 24.3 Å². The quantitative estimate of drug-likeness (QED) is 0.842. The van der Waals surface area contributed by atoms with Crippen LogP contribution in [0.25, 0.3) is 0 Å². The monoisotopic (exact) mass is 217 g/mol. The molecule has 1 aliphatic heterocycles. The number of carbonyl (C=O) groups excluding carboxylic acids is 1. The number of nitrogens with one attached hydrogen (secondary N) is 1. The molecule has 86 valence electrons. The van der Waals surface area contributed by atoms with Crippen molar-refractivity contribution in [3.05, 3.63) is 35.4 Å². The summed E-state index contributed by atoms with van der Waals surface area (Å²) in [5, 5.41) is 3.32. The van der Waals surface area contributed by atoms with Crippen molar-refractivity contribution < 1.29 is 4.79 Å². The van der Waals surface area contributed by atoms with E-state index in [1.54, 1.807) is 0 Å². The summed E-state index contributed by atoms with van der Waals surface area (Å²) in [6.45, 7) is 5.88. The Morgan fingerprint density at radius 3 is 2.94 bits per heavy atom. The van der Waals surface area contributed by atoms with E-state index < -0.39 is 0 Å². The summed E-state index contributed by atoms with van der Waals surface area (Å²) in [5.74, 6) is 0.878. The van der Waals surface area contributed by atoms with Gasteiger partial charge in [-0.2, -0.15) is 0 Å². The summed E-state index contributed by atoms with van der Waals surface area (Å²) >= 11 is 0. The van der Waals surface area contributed by atoms with Gasteiger partial charge in [0.25, 0.3) is 0 Å². The van der Waals surface area contributed by atoms with Crippen molar-refractivity contribution in [2.75, 3.05) is 6.54 Å². The van der Waals surface area contributed by atoms with Crippen molar-refractivity contribution in [3.63, 3.8) is 0 Å². The second-order valence-corrected chi connectivity index (χ2v) is 4.95. The van der Waals surface area contributed by atoms with Crippen LogP contribution in [0.2, 0.25) is 0 Å². The fourth-order valence-electron chi connectivity index (χ4n) is 2.33. The lowest BCUT2D eigenvalue weighted by Gasteiger charge is -2.25. The van der Waals surface area contributed by atoms with Crippen molar-refractivity contribution in [2.24, 2.45) is 5.92 Å². The first kappa shape index (κ1) is 11.3. The lowest BCUT2D eigenvalue weighted by atomic mass is 9.85. The second kappa shape index (κ2) is 4.79. The van der Waals surface area contributed by atoms with E-state index in [1.165, 1.54) is 11.1 Å². The first-order chi connectivity index (χ1) is 7.68. The van der Waals surface area contributed by atoms with Crippen LogP contribution in [-0.4, -0.2) is 12.3 Å². The molecule has 1 aromatic rings. The number of benzene rings is 1. The van der Waals surface area contributed by atoms with E-state index in [-0.39, 0.29) is 5.92 Å². The van der Waals surface area contributed by atoms with Gasteiger partial charge in [-0.25, -0.2) is 0 Å². The number of fused-ring (bicyclic) bond motifs is 1. The van der Waals surface area contributed by atoms with Gasteiger partial charge in [-0.15, -0.1) is 0 Å². The van der Waals surface area contributed by atoms with Crippen LogP contribution in [0.1, 0.15) is 37.3 Å². The van der Waals surface area contributed by atoms with Crippen LogP contribution in [0, 0.1) is 5.92 Å². The molecule has 1 heterocycles. The molecule has 2 rings (SSSR count). The summed E-state index contributed by atoms with van der Waals surface area (Å²) in [6, 6.07) is 8.27. The Bertz CT molecular complexity index is 384. The molecule has 0 saturated heterocycles. The molecule has 0 fully saturated rings. The summed E-state index contributed by atoms with van der Waals surface area (Å²) in [6.07, 6.45) is 0.681. The minimum Gasteiger partial charge on any atom is -0.312 e. The molecule has 1 unspecified atom stereocenters. The molecule has 0 bridgehead atoms. The molecule has 0 amide bonds. The number of ketones is 1. The molecule has 1 atom stereocenters. The lowest BCUT2D eigenvalue weighted by molar-refractivity contribution is -0.121. The maximum absolute atomic E-state index is 12.1. The third-order valence-corrected chi connectivity index (χ3v) is 3.09. The number of Topliss-reactive ketones (excluding diaryl/α,β-unsaturated/α-hetero) is 1. The van der Waals surface area contributed by atoms with Crippen molar-refractivity contribution >= 4 is 5.78 Å². The molecular formula is C14H19NO. The summed E-state index contributed by atoms with van der Waals surface area (Å²) in [5.41, 5.74) is 2.50. The fourth-order valence-corrected chi connectivity index (χ4v) is 2.33. The van der Waals surface area contributed by atoms with E-state index in [2.05, 4.69) is 31.3 Å². The molecule has 0 aromatic heterocycles. The van der Waals surface area contributed by atoms with Gasteiger partial charge < -0.3 is 5.32 Å². The molecule has 1 aromatic carbocycles. The topological polar surface area (TPSA) is 29.1 Å². The van der Waals surface area contributed by atoms with Gasteiger partial charge in [0.05, 0.1) is 5.92 Å². The number of hydrogen-bond acceptors (Lipinski definition) is 2. The summed E-state index contributed by atoms with van der Waals surface area (Å²) in [7, 11) is 0. The number of rotatable bonds is 3. The zero-order valence-corrected chi connectivity index (χ0v) is 9.99. The summed E-state index contributed by atoms with van der Waals surface area (Å²) in [4.78, 5) is 12.1. The Kier molecular flexibility index (Phi) is 3.39. The van der Waals surface area contributed by atoms with E-state index in [0.29, 0.717) is 18.1 Å². The lowest BCUT2D eigenvalue weighted by Crippen LogP contribution is -2.33. The molecule has 0 spiro atoms. The van der Waals surface area contributed by atoms with E-state index in [4.69, 9.17) is 0 Å². The van der Waals surface area contributed by atoms with Gasteiger partial charge in [-0.1, -0.05) is 38.1 Å². The largest absolute Gasteiger partial charge is 0.312 e. The van der Waals surface area contributed by atoms with Crippen molar-refractivity contribution in [3.8, 4) is 0 Å². The van der Waals surface area contributed by atoms with Crippen molar-refractivity contribution in [1.82, 2.24) is 5.32 Å². The van der Waals surface area contributed by atoms with Gasteiger partial charge >= 0.3 is 0 Å². The van der Waals surface area contributed by atoms with E-state index in [9.17, 15) is 4.79 Å². The van der Waals surface area contributed by atoms with Gasteiger partial charge in [0.15, 0.2) is 0 Å². The minimum absolute atomic E-state index is 0.0624. The average molecular weight is 217 g/mol. The molecule has 0 radical (unpaired) electrons. The molecule has 2 nitrogen and oxygen atoms in total. The molecule has 16 heavy (non-hydrogen) atoms. The van der Waals surface area contributed by atoms with Crippen molar-refractivity contribution in [2.45, 2.75) is 32.7 Å². The third-order valence-electron chi connectivity index (χ3n) is 3.09. The van der Waals surface area contributed by atoms with Crippen LogP contribution >= 0.6 is 0 Å². The van der Waals surface area contributed by atoms with Crippen LogP contribution in [0.5, 0.6) is 0 Å². The highest BCUT2D eigenvalue weighted by molar-refractivity contribution is 5.86. The first-order valence-corrected chi connectivity index (χ1v) is 5.99. The Morgan fingerprint density at radius 1 is 1.44 bits per heavy atom. The SMILES string of the molecule is CC(C)CC(=O)C1CNCc2ccccc21. The normalized spacial score (nSPS) is 19.6. The maximum Gasteiger partial charge on any atom is 0.141 e. The standard InChI is InChI=1S/C14H19NO/c1-10(2)7-14(16)13-9-15-8-11-5-3-4-6-12(11)13/h3-6,10,13,15H,7-9H2,1-2H3.